The fraction of sp³-hybridized carbons (Fsp3) is 0.296. The van der Waals surface area contributed by atoms with E-state index in [1.165, 1.54) is 25.0 Å². The third-order valence-electron chi connectivity index (χ3n) is 6.70. The van der Waals surface area contributed by atoms with Gasteiger partial charge in [0, 0.05) is 60.1 Å². The zero-order valence-corrected chi connectivity index (χ0v) is 22.9. The lowest BCUT2D eigenvalue weighted by molar-refractivity contribution is -0.142. The maximum atomic E-state index is 13.4. The molecule has 1 aromatic carbocycles. The third-order valence-corrected chi connectivity index (χ3v) is 6.70. The van der Waals surface area contributed by atoms with Crippen molar-refractivity contribution < 1.29 is 29.1 Å². The summed E-state index contributed by atoms with van der Waals surface area (Å²) in [4.78, 5) is 79.9. The third kappa shape index (κ3) is 8.26. The largest absolute Gasteiger partial charge is 0.480 e. The van der Waals surface area contributed by atoms with Crippen LogP contribution in [0.2, 0.25) is 0 Å². The molecule has 3 aromatic heterocycles. The number of para-hydroxylation sites is 1. The molecule has 43 heavy (non-hydrogen) atoms. The summed E-state index contributed by atoms with van der Waals surface area (Å²) < 4.78 is 0. The molecule has 0 saturated heterocycles. The molecule has 0 saturated carbocycles. The van der Waals surface area contributed by atoms with Crippen molar-refractivity contribution in [3.63, 3.8) is 0 Å². The number of carbonyl (C=O) groups excluding carboxylic acids is 4. The number of rotatable bonds is 15. The van der Waals surface area contributed by atoms with E-state index in [-0.39, 0.29) is 19.3 Å². The molecule has 0 fully saturated rings. The second-order valence-corrected chi connectivity index (χ2v) is 9.92. The molecule has 226 valence electrons. The molecule has 4 rings (SSSR count). The van der Waals surface area contributed by atoms with E-state index in [0.29, 0.717) is 17.0 Å². The van der Waals surface area contributed by atoms with Crippen LogP contribution < -0.4 is 27.4 Å². The SMILES string of the molecule is NC(=O)CC(NC(=O)C(Cc1cnc[nH]1)NC(=O)C(N)Cc1cnc[nH]1)C(=O)NC(Cc1c[nH]c2ccccc12)C(=O)O. The first-order valence-electron chi connectivity index (χ1n) is 13.3. The monoisotopic (exact) mass is 592 g/mol. The standard InChI is InChI=1S/C27H32N10O6/c28-18(6-15-10-30-12-33-15)24(39)35-20(7-16-11-31-13-34-16)25(40)36-21(8-23(29)38)26(41)37-22(27(42)43)5-14-9-32-19-4-2-1-3-17(14)19/h1-4,9-13,18,20-22,32H,5-8,28H2,(H2,29,38)(H,30,33)(H,31,34)(H,35,39)(H,36,40)(H,37,41)(H,42,43). The number of nitrogens with zero attached hydrogens (tertiary/aromatic N) is 2. The van der Waals surface area contributed by atoms with Crippen molar-refractivity contribution in [2.45, 2.75) is 49.9 Å². The average Bonchev–Trinajstić information content (AvgIpc) is 3.75. The van der Waals surface area contributed by atoms with Crippen LogP contribution in [0.25, 0.3) is 10.9 Å². The van der Waals surface area contributed by atoms with E-state index in [0.717, 1.165) is 10.9 Å². The number of amides is 4. The van der Waals surface area contributed by atoms with Gasteiger partial charge >= 0.3 is 5.97 Å². The highest BCUT2D eigenvalue weighted by atomic mass is 16.4. The van der Waals surface area contributed by atoms with Gasteiger partial charge < -0.3 is 47.5 Å². The Morgan fingerprint density at radius 1 is 0.791 bits per heavy atom. The van der Waals surface area contributed by atoms with Crippen LogP contribution in [-0.4, -0.2) is 83.8 Å². The predicted molar refractivity (Wildman–Crippen MR) is 152 cm³/mol. The fourth-order valence-electron chi connectivity index (χ4n) is 4.51. The Labute approximate surface area is 244 Å². The van der Waals surface area contributed by atoms with Gasteiger partial charge in [-0.2, -0.15) is 0 Å². The van der Waals surface area contributed by atoms with Crippen LogP contribution in [0.4, 0.5) is 0 Å². The van der Waals surface area contributed by atoms with Gasteiger partial charge in [-0.1, -0.05) is 18.2 Å². The second kappa shape index (κ2) is 13.9. The predicted octanol–water partition coefficient (Wildman–Crippen LogP) is -1.62. The maximum Gasteiger partial charge on any atom is 0.326 e. The summed E-state index contributed by atoms with van der Waals surface area (Å²) in [6, 6.07) is 2.06. The van der Waals surface area contributed by atoms with Crippen LogP contribution in [0.5, 0.6) is 0 Å². The van der Waals surface area contributed by atoms with Gasteiger partial charge in [0.2, 0.25) is 23.6 Å². The molecule has 4 aromatic rings. The quantitative estimate of drug-likeness (QED) is 0.0767. The Hall–Kier alpha value is -5.51. The molecule has 0 aliphatic heterocycles. The van der Waals surface area contributed by atoms with E-state index < -0.39 is 60.2 Å². The Kier molecular flexibility index (Phi) is 9.85. The number of aromatic nitrogens is 5. The van der Waals surface area contributed by atoms with Gasteiger partial charge in [-0.05, 0) is 11.6 Å². The Balaban J connectivity index is 1.47. The van der Waals surface area contributed by atoms with E-state index in [9.17, 15) is 29.1 Å². The van der Waals surface area contributed by atoms with E-state index in [1.807, 2.05) is 18.2 Å². The number of fused-ring (bicyclic) bond motifs is 1. The highest BCUT2D eigenvalue weighted by Crippen LogP contribution is 2.19. The lowest BCUT2D eigenvalue weighted by Gasteiger charge is -2.24. The first-order chi connectivity index (χ1) is 20.6. The minimum absolute atomic E-state index is 0.0580. The molecule has 16 nitrogen and oxygen atoms in total. The molecule has 0 aliphatic carbocycles. The summed E-state index contributed by atoms with van der Waals surface area (Å²) in [5.41, 5.74) is 13.9. The van der Waals surface area contributed by atoms with Crippen LogP contribution in [-0.2, 0) is 43.2 Å². The second-order valence-electron chi connectivity index (χ2n) is 9.92. The van der Waals surface area contributed by atoms with Crippen molar-refractivity contribution in [3.8, 4) is 0 Å². The minimum atomic E-state index is -1.53. The van der Waals surface area contributed by atoms with Crippen molar-refractivity contribution in [2.75, 3.05) is 0 Å². The first kappa shape index (κ1) is 30.4. The van der Waals surface area contributed by atoms with E-state index in [2.05, 4.69) is 40.9 Å². The number of carboxylic acids is 1. The molecule has 4 atom stereocenters. The molecule has 4 amide bonds. The Morgan fingerprint density at radius 2 is 1.40 bits per heavy atom. The molecule has 16 heteroatoms. The maximum absolute atomic E-state index is 13.4. The van der Waals surface area contributed by atoms with Gasteiger partial charge in [0.25, 0.3) is 0 Å². The van der Waals surface area contributed by atoms with Gasteiger partial charge in [-0.25, -0.2) is 14.8 Å². The van der Waals surface area contributed by atoms with Gasteiger partial charge in [0.15, 0.2) is 0 Å². The van der Waals surface area contributed by atoms with Gasteiger partial charge in [-0.15, -0.1) is 0 Å². The molecular weight excluding hydrogens is 560 g/mol. The number of nitrogens with two attached hydrogens (primary N) is 2. The normalized spacial score (nSPS) is 13.9. The number of carbonyl (C=O) groups is 5. The van der Waals surface area contributed by atoms with Crippen molar-refractivity contribution in [1.82, 2.24) is 40.9 Å². The molecule has 0 aliphatic rings. The van der Waals surface area contributed by atoms with Crippen LogP contribution in [0.3, 0.4) is 0 Å². The Morgan fingerprint density at radius 3 is 2.02 bits per heavy atom. The van der Waals surface area contributed by atoms with Gasteiger partial charge in [-0.3, -0.25) is 19.2 Å². The number of imidazole rings is 2. The number of hydrogen-bond acceptors (Lipinski definition) is 8. The lowest BCUT2D eigenvalue weighted by Crippen LogP contribution is -2.58. The van der Waals surface area contributed by atoms with Crippen LogP contribution in [0.15, 0.2) is 55.5 Å². The molecule has 11 N–H and O–H groups in total. The lowest BCUT2D eigenvalue weighted by atomic mass is 10.0. The molecule has 3 heterocycles. The highest BCUT2D eigenvalue weighted by molar-refractivity contribution is 5.96. The van der Waals surface area contributed by atoms with Crippen LogP contribution in [0.1, 0.15) is 23.4 Å². The number of aromatic amines is 3. The Bertz CT molecular complexity index is 1570. The van der Waals surface area contributed by atoms with Gasteiger partial charge in [0.05, 0.1) is 25.1 Å². The first-order valence-corrected chi connectivity index (χ1v) is 13.3. The van der Waals surface area contributed by atoms with E-state index in [1.54, 1.807) is 12.3 Å². The van der Waals surface area contributed by atoms with E-state index in [4.69, 9.17) is 11.5 Å². The molecule has 0 spiro atoms. The number of nitrogens with one attached hydrogen (secondary N) is 6. The summed E-state index contributed by atoms with van der Waals surface area (Å²) in [6.45, 7) is 0. The summed E-state index contributed by atoms with van der Waals surface area (Å²) in [7, 11) is 0. The summed E-state index contributed by atoms with van der Waals surface area (Å²) in [6.07, 6.45) is 6.80. The number of H-pyrrole nitrogens is 3. The summed E-state index contributed by atoms with van der Waals surface area (Å²) in [5.74, 6) is -4.67. The number of carboxylic acid groups (broad SMARTS) is 1. The molecule has 0 bridgehead atoms. The number of benzene rings is 1. The molecular formula is C27H32N10O6. The average molecular weight is 593 g/mol. The topological polar surface area (TPSA) is 267 Å². The number of hydrogen-bond donors (Lipinski definition) is 9. The fourth-order valence-corrected chi connectivity index (χ4v) is 4.51. The summed E-state index contributed by atoms with van der Waals surface area (Å²) in [5, 5.41) is 18.0. The van der Waals surface area contributed by atoms with Crippen molar-refractivity contribution in [1.29, 1.82) is 0 Å². The zero-order chi connectivity index (χ0) is 30.9. The van der Waals surface area contributed by atoms with Gasteiger partial charge in [0.1, 0.15) is 18.1 Å². The van der Waals surface area contributed by atoms with Crippen molar-refractivity contribution in [3.05, 3.63) is 72.5 Å². The highest BCUT2D eigenvalue weighted by Gasteiger charge is 2.32. The summed E-state index contributed by atoms with van der Waals surface area (Å²) >= 11 is 0. The number of primary amides is 1. The smallest absolute Gasteiger partial charge is 0.326 e. The minimum Gasteiger partial charge on any atom is -0.480 e. The van der Waals surface area contributed by atoms with Crippen LogP contribution in [0, 0.1) is 0 Å². The van der Waals surface area contributed by atoms with Crippen LogP contribution >= 0.6 is 0 Å². The van der Waals surface area contributed by atoms with E-state index >= 15 is 0 Å². The zero-order valence-electron chi connectivity index (χ0n) is 22.9. The molecule has 0 radical (unpaired) electrons. The van der Waals surface area contributed by atoms with Crippen molar-refractivity contribution in [2.24, 2.45) is 11.5 Å². The molecule has 4 unspecified atom stereocenters. The van der Waals surface area contributed by atoms with Crippen molar-refractivity contribution >= 4 is 40.5 Å². The number of aliphatic carboxylic acids is 1.